The second-order valence-electron chi connectivity index (χ2n) is 5.84. The van der Waals surface area contributed by atoms with E-state index in [-0.39, 0.29) is 24.1 Å². The van der Waals surface area contributed by atoms with Gasteiger partial charge < -0.3 is 10.2 Å². The van der Waals surface area contributed by atoms with Crippen molar-refractivity contribution in [1.82, 2.24) is 0 Å². The lowest BCUT2D eigenvalue weighted by atomic mass is 10.1. The molecule has 1 aliphatic rings. The number of benzene rings is 2. The van der Waals surface area contributed by atoms with Crippen LogP contribution >= 0.6 is 11.6 Å². The van der Waals surface area contributed by atoms with Crippen LogP contribution in [0.15, 0.2) is 42.5 Å². The first-order valence-electron chi connectivity index (χ1n) is 7.57. The van der Waals surface area contributed by atoms with Crippen molar-refractivity contribution in [2.75, 3.05) is 16.8 Å². The highest BCUT2D eigenvalue weighted by Gasteiger charge is 2.35. The third-order valence-electron chi connectivity index (χ3n) is 4.07. The number of nitrogens with zero attached hydrogens (tertiary/aromatic N) is 1. The second kappa shape index (κ2) is 6.61. The first-order chi connectivity index (χ1) is 11.4. The Labute approximate surface area is 144 Å². The Bertz CT molecular complexity index is 792. The topological polar surface area (TPSA) is 49.4 Å². The quantitative estimate of drug-likeness (QED) is 0.919. The number of nitrogens with one attached hydrogen (secondary N) is 1. The van der Waals surface area contributed by atoms with Crippen molar-refractivity contribution >= 4 is 34.8 Å². The molecular weight excluding hydrogens is 331 g/mol. The smallest absolute Gasteiger partial charge is 0.229 e. The van der Waals surface area contributed by atoms with Gasteiger partial charge in [-0.1, -0.05) is 17.7 Å². The molecule has 0 radical (unpaired) electrons. The first kappa shape index (κ1) is 16.5. The third kappa shape index (κ3) is 3.41. The van der Waals surface area contributed by atoms with Crippen molar-refractivity contribution in [1.29, 1.82) is 0 Å². The van der Waals surface area contributed by atoms with E-state index in [1.54, 1.807) is 48.2 Å². The SMILES string of the molecule is Cc1ccc(NC(=O)[C@H]2CC(=O)N(c3ccc(Cl)cc3)C2)cc1F. The molecule has 6 heteroatoms. The summed E-state index contributed by atoms with van der Waals surface area (Å²) in [5, 5.41) is 3.26. The molecule has 0 unspecified atom stereocenters. The fourth-order valence-electron chi connectivity index (χ4n) is 2.67. The maximum atomic E-state index is 13.6. The van der Waals surface area contributed by atoms with Gasteiger partial charge in [0.25, 0.3) is 0 Å². The van der Waals surface area contributed by atoms with Crippen LogP contribution in [0.1, 0.15) is 12.0 Å². The van der Waals surface area contributed by atoms with Crippen molar-refractivity contribution in [2.45, 2.75) is 13.3 Å². The molecule has 1 N–H and O–H groups in total. The Balaban J connectivity index is 1.69. The van der Waals surface area contributed by atoms with Gasteiger partial charge in [-0.25, -0.2) is 4.39 Å². The molecule has 0 saturated carbocycles. The van der Waals surface area contributed by atoms with E-state index < -0.39 is 5.92 Å². The molecule has 2 aromatic carbocycles. The van der Waals surface area contributed by atoms with Gasteiger partial charge in [-0.2, -0.15) is 0 Å². The number of aryl methyl sites for hydroxylation is 1. The van der Waals surface area contributed by atoms with Crippen LogP contribution < -0.4 is 10.2 Å². The lowest BCUT2D eigenvalue weighted by Crippen LogP contribution is -2.28. The van der Waals surface area contributed by atoms with Gasteiger partial charge in [0.2, 0.25) is 11.8 Å². The van der Waals surface area contributed by atoms with Crippen molar-refractivity contribution in [2.24, 2.45) is 5.92 Å². The fraction of sp³-hybridized carbons (Fsp3) is 0.222. The fourth-order valence-corrected chi connectivity index (χ4v) is 2.79. The summed E-state index contributed by atoms with van der Waals surface area (Å²) in [7, 11) is 0. The molecule has 2 aromatic rings. The number of hydrogen-bond donors (Lipinski definition) is 1. The van der Waals surface area contributed by atoms with Crippen molar-refractivity contribution in [3.63, 3.8) is 0 Å². The minimum Gasteiger partial charge on any atom is -0.326 e. The van der Waals surface area contributed by atoms with E-state index >= 15 is 0 Å². The lowest BCUT2D eigenvalue weighted by molar-refractivity contribution is -0.122. The van der Waals surface area contributed by atoms with Gasteiger partial charge in [-0.15, -0.1) is 0 Å². The van der Waals surface area contributed by atoms with E-state index in [1.165, 1.54) is 6.07 Å². The van der Waals surface area contributed by atoms with E-state index in [4.69, 9.17) is 11.6 Å². The van der Waals surface area contributed by atoms with Crippen LogP contribution in [0.25, 0.3) is 0 Å². The Hall–Kier alpha value is -2.40. The molecule has 1 atom stereocenters. The van der Waals surface area contributed by atoms with Gasteiger partial charge in [0.15, 0.2) is 0 Å². The average Bonchev–Trinajstić information content (AvgIpc) is 2.94. The minimum atomic E-state index is -0.474. The van der Waals surface area contributed by atoms with Crippen molar-refractivity contribution < 1.29 is 14.0 Å². The zero-order chi connectivity index (χ0) is 17.3. The summed E-state index contributed by atoms with van der Waals surface area (Å²) in [5.41, 5.74) is 1.61. The standard InChI is InChI=1S/C18H16ClFN2O2/c1-11-2-5-14(9-16(11)20)21-18(24)12-8-17(23)22(10-12)15-6-3-13(19)4-7-15/h2-7,9,12H,8,10H2,1H3,(H,21,24)/t12-/m0/s1. The number of amides is 2. The molecule has 0 spiro atoms. The number of anilines is 2. The van der Waals surface area contributed by atoms with E-state index in [0.29, 0.717) is 28.5 Å². The zero-order valence-electron chi connectivity index (χ0n) is 13.1. The van der Waals surface area contributed by atoms with Crippen LogP contribution in [0.2, 0.25) is 5.02 Å². The van der Waals surface area contributed by atoms with E-state index in [2.05, 4.69) is 5.32 Å². The van der Waals surface area contributed by atoms with Crippen LogP contribution in [0.3, 0.4) is 0 Å². The monoisotopic (exact) mass is 346 g/mol. The molecule has 24 heavy (non-hydrogen) atoms. The summed E-state index contributed by atoms with van der Waals surface area (Å²) in [6, 6.07) is 11.4. The number of hydrogen-bond acceptors (Lipinski definition) is 2. The highest BCUT2D eigenvalue weighted by Crippen LogP contribution is 2.27. The Morgan fingerprint density at radius 1 is 1.25 bits per heavy atom. The van der Waals surface area contributed by atoms with Gasteiger partial charge in [-0.05, 0) is 48.9 Å². The Kier molecular flexibility index (Phi) is 4.53. The molecule has 0 aromatic heterocycles. The van der Waals surface area contributed by atoms with Crippen LogP contribution in [0.5, 0.6) is 0 Å². The molecule has 1 aliphatic heterocycles. The highest BCUT2D eigenvalue weighted by molar-refractivity contribution is 6.30. The molecule has 1 saturated heterocycles. The summed E-state index contributed by atoms with van der Waals surface area (Å²) < 4.78 is 13.6. The number of halogens is 2. The minimum absolute atomic E-state index is 0.118. The van der Waals surface area contributed by atoms with E-state index in [0.717, 1.165) is 0 Å². The maximum Gasteiger partial charge on any atom is 0.229 e. The summed E-state index contributed by atoms with van der Waals surface area (Å²) in [6.07, 6.45) is 0.128. The summed E-state index contributed by atoms with van der Waals surface area (Å²) in [6.45, 7) is 1.95. The predicted molar refractivity (Wildman–Crippen MR) is 91.7 cm³/mol. The molecule has 1 heterocycles. The van der Waals surface area contributed by atoms with E-state index in [9.17, 15) is 14.0 Å². The molecule has 0 bridgehead atoms. The molecule has 4 nitrogen and oxygen atoms in total. The molecule has 1 fully saturated rings. The number of carbonyl (C=O) groups excluding carboxylic acids is 2. The molecule has 124 valence electrons. The van der Waals surface area contributed by atoms with Crippen LogP contribution in [0, 0.1) is 18.7 Å². The molecule has 0 aliphatic carbocycles. The largest absolute Gasteiger partial charge is 0.326 e. The maximum absolute atomic E-state index is 13.6. The molecule has 2 amide bonds. The van der Waals surface area contributed by atoms with Crippen molar-refractivity contribution in [3.8, 4) is 0 Å². The third-order valence-corrected chi connectivity index (χ3v) is 4.33. The first-order valence-corrected chi connectivity index (χ1v) is 7.95. The molecule has 3 rings (SSSR count). The van der Waals surface area contributed by atoms with Gasteiger partial charge in [0.05, 0.1) is 5.92 Å². The van der Waals surface area contributed by atoms with Crippen LogP contribution in [-0.4, -0.2) is 18.4 Å². The van der Waals surface area contributed by atoms with Gasteiger partial charge >= 0.3 is 0 Å². The average molecular weight is 347 g/mol. The van der Waals surface area contributed by atoms with Crippen LogP contribution in [0.4, 0.5) is 15.8 Å². The van der Waals surface area contributed by atoms with Gasteiger partial charge in [0, 0.05) is 29.4 Å². The highest BCUT2D eigenvalue weighted by atomic mass is 35.5. The summed E-state index contributed by atoms with van der Waals surface area (Å²) in [5.74, 6) is -1.26. The molecular formula is C18H16ClFN2O2. The Morgan fingerprint density at radius 3 is 2.62 bits per heavy atom. The zero-order valence-corrected chi connectivity index (χ0v) is 13.8. The summed E-state index contributed by atoms with van der Waals surface area (Å²) in [4.78, 5) is 26.1. The van der Waals surface area contributed by atoms with Gasteiger partial charge in [-0.3, -0.25) is 9.59 Å². The normalized spacial score (nSPS) is 17.2. The number of carbonyl (C=O) groups is 2. The Morgan fingerprint density at radius 2 is 1.96 bits per heavy atom. The summed E-state index contributed by atoms with van der Waals surface area (Å²) >= 11 is 5.85. The number of rotatable bonds is 3. The van der Waals surface area contributed by atoms with Crippen LogP contribution in [-0.2, 0) is 9.59 Å². The van der Waals surface area contributed by atoms with Crippen molar-refractivity contribution in [3.05, 3.63) is 58.9 Å². The van der Waals surface area contributed by atoms with E-state index in [1.807, 2.05) is 0 Å². The second-order valence-corrected chi connectivity index (χ2v) is 6.27. The van der Waals surface area contributed by atoms with Gasteiger partial charge in [0.1, 0.15) is 5.82 Å². The lowest BCUT2D eigenvalue weighted by Gasteiger charge is -2.16. The predicted octanol–water partition coefficient (Wildman–Crippen LogP) is 3.78.